The van der Waals surface area contributed by atoms with E-state index >= 15 is 0 Å². The van der Waals surface area contributed by atoms with Gasteiger partial charge in [0.2, 0.25) is 0 Å². The van der Waals surface area contributed by atoms with Crippen molar-refractivity contribution in [3.8, 4) is 5.75 Å². The average molecular weight is 344 g/mol. The number of aromatic nitrogens is 1. The molecule has 1 aromatic rings. The van der Waals surface area contributed by atoms with Crippen molar-refractivity contribution in [2.45, 2.75) is 18.7 Å². The van der Waals surface area contributed by atoms with Crippen LogP contribution in [0.2, 0.25) is 0 Å². The van der Waals surface area contributed by atoms with Crippen LogP contribution in [-0.2, 0) is 0 Å². The Kier molecular flexibility index (Phi) is 8.56. The number of piperazine rings is 1. The summed E-state index contributed by atoms with van der Waals surface area (Å²) < 4.78 is 5.71. The van der Waals surface area contributed by atoms with Crippen LogP contribution in [0, 0.1) is 0 Å². The van der Waals surface area contributed by atoms with Gasteiger partial charge in [-0.15, -0.1) is 18.5 Å². The van der Waals surface area contributed by atoms with Gasteiger partial charge in [-0.25, -0.2) is 4.98 Å². The zero-order chi connectivity index (χ0) is 16.6. The van der Waals surface area contributed by atoms with Gasteiger partial charge in [0.1, 0.15) is 18.2 Å². The zero-order valence-electron chi connectivity index (χ0n) is 14.0. The fourth-order valence-corrected chi connectivity index (χ4v) is 2.12. The average Bonchev–Trinajstić information content (AvgIpc) is 2.56. The molecule has 0 amide bonds. The lowest BCUT2D eigenvalue weighted by atomic mass is 10.3. The van der Waals surface area contributed by atoms with E-state index in [1.54, 1.807) is 6.20 Å². The van der Waals surface area contributed by atoms with Crippen LogP contribution < -0.4 is 15.4 Å². The van der Waals surface area contributed by atoms with Crippen LogP contribution in [0.4, 0.5) is 5.82 Å². The van der Waals surface area contributed by atoms with Gasteiger partial charge in [-0.3, -0.25) is 0 Å². The summed E-state index contributed by atoms with van der Waals surface area (Å²) in [7, 11) is 7.55. The van der Waals surface area contributed by atoms with Gasteiger partial charge in [-0.1, -0.05) is 13.8 Å². The van der Waals surface area contributed by atoms with Crippen LogP contribution in [0.1, 0.15) is 13.8 Å². The van der Waals surface area contributed by atoms with E-state index in [2.05, 4.69) is 40.3 Å². The van der Waals surface area contributed by atoms with E-state index in [-0.39, 0.29) is 4.90 Å². The van der Waals surface area contributed by atoms with Crippen molar-refractivity contribution in [1.29, 1.82) is 0 Å². The quantitative estimate of drug-likeness (QED) is 0.823. The Labute approximate surface area is 139 Å². The highest BCUT2D eigenvalue weighted by atomic mass is 31.1. The first kappa shape index (κ1) is 19.6. The highest BCUT2D eigenvalue weighted by Gasteiger charge is 2.18. The maximum Gasteiger partial charge on any atom is 0.137 e. The second-order valence-electron chi connectivity index (χ2n) is 5.37. The molecule has 0 aliphatic carbocycles. The summed E-state index contributed by atoms with van der Waals surface area (Å²) in [5.41, 5.74) is 5.66. The third kappa shape index (κ3) is 6.34. The zero-order valence-corrected chi connectivity index (χ0v) is 16.3. The lowest BCUT2D eigenvalue weighted by Crippen LogP contribution is -2.44. The van der Waals surface area contributed by atoms with Crippen LogP contribution in [0.15, 0.2) is 18.3 Å². The molecule has 2 unspecified atom stereocenters. The highest BCUT2D eigenvalue weighted by Crippen LogP contribution is 2.26. The minimum absolute atomic E-state index is 0.171. The van der Waals surface area contributed by atoms with E-state index in [0.29, 0.717) is 13.2 Å². The molecule has 0 radical (unpaired) electrons. The molecule has 2 N–H and O–H groups in total. The molecular weight excluding hydrogens is 314 g/mol. The van der Waals surface area contributed by atoms with Crippen molar-refractivity contribution < 1.29 is 4.74 Å². The first-order valence-corrected chi connectivity index (χ1v) is 8.96. The SMILES string of the molecule is CC.CN1CCN(c2ccc(OCC(P)(P)CN)cn2)CC1. The molecule has 0 aromatic carbocycles. The summed E-state index contributed by atoms with van der Waals surface area (Å²) in [6.07, 6.45) is 1.79. The van der Waals surface area contributed by atoms with Gasteiger partial charge in [-0.05, 0) is 19.2 Å². The standard InChI is InChI=1S/C13H24N4OP2.C2H6/c1-16-4-6-17(7-5-16)12-3-2-11(8-15-12)18-10-13(19,20)9-14;1-2/h2-3,8H,4-7,9-10,14,19-20H2,1H3;1-2H3. The van der Waals surface area contributed by atoms with Gasteiger partial charge in [0, 0.05) is 37.6 Å². The third-order valence-electron chi connectivity index (χ3n) is 3.44. The van der Waals surface area contributed by atoms with Crippen LogP contribution in [0.25, 0.3) is 0 Å². The topological polar surface area (TPSA) is 54.6 Å². The van der Waals surface area contributed by atoms with Gasteiger partial charge >= 0.3 is 0 Å². The highest BCUT2D eigenvalue weighted by molar-refractivity contribution is 7.40. The first-order valence-electron chi connectivity index (χ1n) is 7.80. The number of anilines is 1. The number of ether oxygens (including phenoxy) is 1. The van der Waals surface area contributed by atoms with Crippen LogP contribution in [0.5, 0.6) is 5.75 Å². The molecule has 1 aliphatic rings. The Hall–Kier alpha value is -0.470. The summed E-state index contributed by atoms with van der Waals surface area (Å²) in [4.78, 5) is 8.96. The molecule has 2 atom stereocenters. The molecule has 0 saturated carbocycles. The Morgan fingerprint density at radius 2 is 1.86 bits per heavy atom. The number of nitrogens with two attached hydrogens (primary N) is 1. The number of hydrogen-bond acceptors (Lipinski definition) is 5. The van der Waals surface area contributed by atoms with Crippen LogP contribution in [-0.4, -0.2) is 61.2 Å². The van der Waals surface area contributed by atoms with E-state index in [9.17, 15) is 0 Å². The van der Waals surface area contributed by atoms with Crippen molar-refractivity contribution in [3.05, 3.63) is 18.3 Å². The van der Waals surface area contributed by atoms with E-state index in [1.165, 1.54) is 0 Å². The number of nitrogens with zero attached hydrogens (tertiary/aromatic N) is 3. The van der Waals surface area contributed by atoms with E-state index in [0.717, 1.165) is 37.7 Å². The minimum atomic E-state index is -0.171. The Balaban J connectivity index is 0.00000116. The Morgan fingerprint density at radius 1 is 1.23 bits per heavy atom. The largest absolute Gasteiger partial charge is 0.491 e. The molecule has 1 saturated heterocycles. The smallest absolute Gasteiger partial charge is 0.137 e. The summed E-state index contributed by atoms with van der Waals surface area (Å²) >= 11 is 0. The van der Waals surface area contributed by atoms with Crippen molar-refractivity contribution in [3.63, 3.8) is 0 Å². The molecule has 1 aromatic heterocycles. The number of likely N-dealkylation sites (N-methyl/N-ethyl adjacent to an activating group) is 1. The fraction of sp³-hybridized carbons (Fsp3) is 0.667. The van der Waals surface area contributed by atoms with Crippen LogP contribution >= 0.6 is 18.5 Å². The van der Waals surface area contributed by atoms with Gasteiger partial charge in [-0.2, -0.15) is 0 Å². The predicted octanol–water partition coefficient (Wildman–Crippen LogP) is 1.64. The molecule has 126 valence electrons. The second-order valence-corrected chi connectivity index (χ2v) is 8.33. The van der Waals surface area contributed by atoms with Crippen molar-refractivity contribution in [1.82, 2.24) is 9.88 Å². The second kappa shape index (κ2) is 9.62. The summed E-state index contributed by atoms with van der Waals surface area (Å²) in [6, 6.07) is 4.00. The number of hydrogen-bond donors (Lipinski definition) is 1. The van der Waals surface area contributed by atoms with Gasteiger partial charge in [0.15, 0.2) is 0 Å². The van der Waals surface area contributed by atoms with Gasteiger partial charge < -0.3 is 20.3 Å². The molecule has 5 nitrogen and oxygen atoms in total. The fourth-order valence-electron chi connectivity index (χ4n) is 1.96. The Bertz CT molecular complexity index is 420. The van der Waals surface area contributed by atoms with Crippen molar-refractivity contribution in [2.24, 2.45) is 5.73 Å². The number of rotatable bonds is 5. The summed E-state index contributed by atoms with van der Waals surface area (Å²) in [5, 5.41) is 0. The van der Waals surface area contributed by atoms with Crippen molar-refractivity contribution in [2.75, 3.05) is 51.3 Å². The minimum Gasteiger partial charge on any atom is -0.491 e. The molecule has 0 bridgehead atoms. The van der Waals surface area contributed by atoms with E-state index in [4.69, 9.17) is 10.5 Å². The molecule has 2 rings (SSSR count). The molecule has 2 heterocycles. The molecule has 1 fully saturated rings. The molecular formula is C15H30N4OP2. The summed E-state index contributed by atoms with van der Waals surface area (Å²) in [6.45, 7) is 9.29. The van der Waals surface area contributed by atoms with E-state index < -0.39 is 0 Å². The summed E-state index contributed by atoms with van der Waals surface area (Å²) in [5.74, 6) is 1.80. The number of pyridine rings is 1. The Morgan fingerprint density at radius 3 is 2.36 bits per heavy atom. The molecule has 22 heavy (non-hydrogen) atoms. The predicted molar refractivity (Wildman–Crippen MR) is 102 cm³/mol. The van der Waals surface area contributed by atoms with E-state index in [1.807, 2.05) is 26.0 Å². The monoisotopic (exact) mass is 344 g/mol. The molecule has 1 aliphatic heterocycles. The lowest BCUT2D eigenvalue weighted by molar-refractivity contribution is 0.305. The van der Waals surface area contributed by atoms with Gasteiger partial charge in [0.05, 0.1) is 6.20 Å². The molecule has 0 spiro atoms. The normalized spacial score (nSPS) is 16.0. The maximum absolute atomic E-state index is 5.71. The third-order valence-corrected chi connectivity index (χ3v) is 4.24. The van der Waals surface area contributed by atoms with Gasteiger partial charge in [0.25, 0.3) is 0 Å². The van der Waals surface area contributed by atoms with Crippen LogP contribution in [0.3, 0.4) is 0 Å². The van der Waals surface area contributed by atoms with Crippen molar-refractivity contribution >= 4 is 24.3 Å². The maximum atomic E-state index is 5.71. The lowest BCUT2D eigenvalue weighted by Gasteiger charge is -2.33. The molecule has 7 heteroatoms. The first-order chi connectivity index (χ1) is 10.5.